The quantitative estimate of drug-likeness (QED) is 0.273. The summed E-state index contributed by atoms with van der Waals surface area (Å²) in [6.45, 7) is 1.89. The summed E-state index contributed by atoms with van der Waals surface area (Å²) < 4.78 is 5.69. The van der Waals surface area contributed by atoms with Crippen molar-refractivity contribution in [1.29, 1.82) is 0 Å². The second kappa shape index (κ2) is 4.62. The number of anilines is 1. The standard InChI is InChI=1S/C15H11N5O3/c1-6-2-3-10-7(4-6)11(21)8-5-9-12(17-14(8)23-10)18-15(20-16)19-13(9)22/h2-5H,16H2,1H3,(H2,17,18,19,20,22). The number of nitrogens with one attached hydrogen (secondary N) is 2. The zero-order valence-electron chi connectivity index (χ0n) is 12.0. The lowest BCUT2D eigenvalue weighted by atomic mass is 10.1. The molecule has 3 heterocycles. The summed E-state index contributed by atoms with van der Waals surface area (Å²) in [4.78, 5) is 35.4. The van der Waals surface area contributed by atoms with Crippen molar-refractivity contribution >= 4 is 39.1 Å². The molecule has 0 aliphatic carbocycles. The zero-order chi connectivity index (χ0) is 16.1. The third-order valence-corrected chi connectivity index (χ3v) is 3.63. The first kappa shape index (κ1) is 13.4. The monoisotopic (exact) mass is 309 g/mol. The number of nitrogens with zero attached hydrogens (tertiary/aromatic N) is 2. The SMILES string of the molecule is Cc1ccc2oc3nc4nc(NN)[nH]c(=O)c4cc3c(=O)c2c1. The van der Waals surface area contributed by atoms with Crippen molar-refractivity contribution in [2.45, 2.75) is 6.92 Å². The third-order valence-electron chi connectivity index (χ3n) is 3.63. The molecule has 4 N–H and O–H groups in total. The minimum Gasteiger partial charge on any atom is -0.437 e. The molecule has 0 unspecified atom stereocenters. The molecule has 8 nitrogen and oxygen atoms in total. The van der Waals surface area contributed by atoms with Crippen molar-refractivity contribution in [2.75, 3.05) is 5.43 Å². The second-order valence-electron chi connectivity index (χ2n) is 5.20. The fourth-order valence-corrected chi connectivity index (χ4v) is 2.52. The fourth-order valence-electron chi connectivity index (χ4n) is 2.52. The van der Waals surface area contributed by atoms with Crippen molar-refractivity contribution in [2.24, 2.45) is 5.84 Å². The number of nitrogen functional groups attached to an aromatic ring is 1. The molecule has 8 heteroatoms. The van der Waals surface area contributed by atoms with Gasteiger partial charge in [-0.1, -0.05) is 11.6 Å². The maximum Gasteiger partial charge on any atom is 0.261 e. The molecule has 0 aliphatic rings. The molecule has 4 rings (SSSR count). The lowest BCUT2D eigenvalue weighted by Crippen LogP contribution is -2.17. The van der Waals surface area contributed by atoms with Crippen LogP contribution in [-0.2, 0) is 0 Å². The van der Waals surface area contributed by atoms with E-state index in [0.29, 0.717) is 11.0 Å². The highest BCUT2D eigenvalue weighted by molar-refractivity contribution is 5.94. The maximum atomic E-state index is 12.7. The van der Waals surface area contributed by atoms with Crippen molar-refractivity contribution < 1.29 is 4.42 Å². The van der Waals surface area contributed by atoms with Gasteiger partial charge in [-0.25, -0.2) is 5.84 Å². The van der Waals surface area contributed by atoms with Gasteiger partial charge in [0, 0.05) is 0 Å². The number of hydrogen-bond donors (Lipinski definition) is 3. The topological polar surface area (TPSA) is 127 Å². The minimum atomic E-state index is -0.443. The Morgan fingerprint density at radius 3 is 2.74 bits per heavy atom. The molecule has 23 heavy (non-hydrogen) atoms. The summed E-state index contributed by atoms with van der Waals surface area (Å²) in [5.41, 5.74) is 3.22. The zero-order valence-corrected chi connectivity index (χ0v) is 12.0. The van der Waals surface area contributed by atoms with E-state index in [1.54, 1.807) is 12.1 Å². The lowest BCUT2D eigenvalue weighted by Gasteiger charge is -2.04. The van der Waals surface area contributed by atoms with E-state index >= 15 is 0 Å². The highest BCUT2D eigenvalue weighted by atomic mass is 16.3. The van der Waals surface area contributed by atoms with Crippen LogP contribution < -0.4 is 22.3 Å². The molecule has 0 fully saturated rings. The van der Waals surface area contributed by atoms with Crippen LogP contribution in [0, 0.1) is 6.92 Å². The molecular formula is C15H11N5O3. The van der Waals surface area contributed by atoms with Crippen LogP contribution in [0.1, 0.15) is 5.56 Å². The average Bonchev–Trinajstić information content (AvgIpc) is 2.54. The number of fused-ring (bicyclic) bond motifs is 3. The predicted octanol–water partition coefficient (Wildman–Crippen LogP) is 1.17. The number of nitrogens with two attached hydrogens (primary N) is 1. The van der Waals surface area contributed by atoms with Gasteiger partial charge in [0.05, 0.1) is 16.2 Å². The molecular weight excluding hydrogens is 298 g/mol. The van der Waals surface area contributed by atoms with E-state index in [1.807, 2.05) is 13.0 Å². The molecule has 0 bridgehead atoms. The Balaban J connectivity index is 2.21. The molecule has 0 radical (unpaired) electrons. The molecule has 0 atom stereocenters. The van der Waals surface area contributed by atoms with Gasteiger partial charge in [-0.05, 0) is 25.1 Å². The highest BCUT2D eigenvalue weighted by Crippen LogP contribution is 2.20. The molecule has 4 aromatic rings. The molecule has 0 saturated carbocycles. The molecule has 0 aliphatic heterocycles. The second-order valence-corrected chi connectivity index (χ2v) is 5.20. The van der Waals surface area contributed by atoms with E-state index in [9.17, 15) is 9.59 Å². The van der Waals surface area contributed by atoms with E-state index in [-0.39, 0.29) is 33.5 Å². The van der Waals surface area contributed by atoms with Crippen molar-refractivity contribution in [3.05, 3.63) is 50.4 Å². The van der Waals surface area contributed by atoms with Gasteiger partial charge < -0.3 is 4.42 Å². The summed E-state index contributed by atoms with van der Waals surface area (Å²) in [5.74, 6) is 5.33. The van der Waals surface area contributed by atoms with Crippen LogP contribution >= 0.6 is 0 Å². The van der Waals surface area contributed by atoms with E-state index in [1.165, 1.54) is 6.07 Å². The van der Waals surface area contributed by atoms with Gasteiger partial charge >= 0.3 is 0 Å². The molecule has 114 valence electrons. The first-order valence-corrected chi connectivity index (χ1v) is 6.81. The van der Waals surface area contributed by atoms with Crippen molar-refractivity contribution in [1.82, 2.24) is 15.0 Å². The van der Waals surface area contributed by atoms with E-state index < -0.39 is 5.56 Å². The van der Waals surface area contributed by atoms with Gasteiger partial charge in [0.1, 0.15) is 5.58 Å². The van der Waals surface area contributed by atoms with Gasteiger partial charge in [-0.3, -0.25) is 20.0 Å². The molecule has 0 spiro atoms. The number of aromatic amines is 1. The average molecular weight is 309 g/mol. The largest absolute Gasteiger partial charge is 0.437 e. The van der Waals surface area contributed by atoms with E-state index in [4.69, 9.17) is 10.3 Å². The number of rotatable bonds is 1. The van der Waals surface area contributed by atoms with E-state index in [0.717, 1.165) is 5.56 Å². The van der Waals surface area contributed by atoms with Crippen LogP contribution in [0.5, 0.6) is 0 Å². The predicted molar refractivity (Wildman–Crippen MR) is 86.3 cm³/mol. The highest BCUT2D eigenvalue weighted by Gasteiger charge is 2.13. The van der Waals surface area contributed by atoms with Gasteiger partial charge in [0.25, 0.3) is 5.56 Å². The maximum absolute atomic E-state index is 12.7. The molecule has 3 aromatic heterocycles. The van der Waals surface area contributed by atoms with Gasteiger partial charge in [0.15, 0.2) is 5.65 Å². The van der Waals surface area contributed by atoms with Gasteiger partial charge in [-0.2, -0.15) is 9.97 Å². The lowest BCUT2D eigenvalue weighted by molar-refractivity contribution is 0.646. The Morgan fingerprint density at radius 1 is 1.13 bits per heavy atom. The van der Waals surface area contributed by atoms with Crippen molar-refractivity contribution in [3.63, 3.8) is 0 Å². The summed E-state index contributed by atoms with van der Waals surface area (Å²) in [5, 5.41) is 0.871. The van der Waals surface area contributed by atoms with Crippen LogP contribution in [0.25, 0.3) is 33.1 Å². The van der Waals surface area contributed by atoms with Crippen molar-refractivity contribution in [3.8, 4) is 0 Å². The molecule has 0 saturated heterocycles. The summed E-state index contributed by atoms with van der Waals surface area (Å²) in [6.07, 6.45) is 0. The Kier molecular flexibility index (Phi) is 2.69. The van der Waals surface area contributed by atoms with Crippen LogP contribution in [0.4, 0.5) is 5.95 Å². The fraction of sp³-hybridized carbons (Fsp3) is 0.0667. The van der Waals surface area contributed by atoms with Crippen LogP contribution in [0.2, 0.25) is 0 Å². The number of hydrazine groups is 1. The Bertz CT molecular complexity index is 1210. The Labute approximate surface area is 127 Å². The number of aromatic nitrogens is 3. The van der Waals surface area contributed by atoms with Crippen LogP contribution in [0.3, 0.4) is 0 Å². The molecule has 0 amide bonds. The number of H-pyrrole nitrogens is 1. The summed E-state index contributed by atoms with van der Waals surface area (Å²) >= 11 is 0. The molecule has 1 aromatic carbocycles. The van der Waals surface area contributed by atoms with Crippen LogP contribution in [0.15, 0.2) is 38.3 Å². The Hall–Kier alpha value is -3.26. The minimum absolute atomic E-state index is 0.0770. The Morgan fingerprint density at radius 2 is 1.96 bits per heavy atom. The smallest absolute Gasteiger partial charge is 0.261 e. The normalized spacial score (nSPS) is 11.4. The third kappa shape index (κ3) is 1.96. The summed E-state index contributed by atoms with van der Waals surface area (Å²) in [7, 11) is 0. The number of hydrogen-bond acceptors (Lipinski definition) is 7. The van der Waals surface area contributed by atoms with Gasteiger partial charge in [-0.15, -0.1) is 0 Å². The first-order valence-electron chi connectivity index (χ1n) is 6.81. The summed E-state index contributed by atoms with van der Waals surface area (Å²) in [6, 6.07) is 6.75. The number of pyridine rings is 1. The first-order chi connectivity index (χ1) is 11.1. The number of aryl methyl sites for hydroxylation is 1. The van der Waals surface area contributed by atoms with Gasteiger partial charge in [0.2, 0.25) is 17.1 Å². The van der Waals surface area contributed by atoms with Crippen LogP contribution in [-0.4, -0.2) is 15.0 Å². The van der Waals surface area contributed by atoms with E-state index in [2.05, 4.69) is 20.4 Å². The number of benzene rings is 1.